The van der Waals surface area contributed by atoms with Gasteiger partial charge in [0.15, 0.2) is 11.5 Å². The maximum absolute atomic E-state index is 12.9. The fourth-order valence-corrected chi connectivity index (χ4v) is 2.88. The fraction of sp³-hybridized carbons (Fsp3) is 0.143. The number of carbonyl (C=O) groups is 1. The lowest BCUT2D eigenvalue weighted by Crippen LogP contribution is -2.29. The van der Waals surface area contributed by atoms with E-state index in [1.54, 1.807) is 49.8 Å². The van der Waals surface area contributed by atoms with Crippen LogP contribution in [0.3, 0.4) is 0 Å². The number of methoxy groups -OCH3 is 2. The molecule has 0 radical (unpaired) electrons. The summed E-state index contributed by atoms with van der Waals surface area (Å²) in [6.07, 6.45) is 3.42. The van der Waals surface area contributed by atoms with Gasteiger partial charge in [0.1, 0.15) is 0 Å². The first-order chi connectivity index (χ1) is 13.1. The Hall–Kier alpha value is -3.05. The summed E-state index contributed by atoms with van der Waals surface area (Å²) in [4.78, 5) is 17.0. The summed E-state index contributed by atoms with van der Waals surface area (Å²) in [5.74, 6) is 0.824. The van der Waals surface area contributed by atoms with Crippen LogP contribution in [0.4, 0.5) is 0 Å². The van der Waals surface area contributed by atoms with Crippen molar-refractivity contribution >= 4 is 17.5 Å². The van der Waals surface area contributed by atoms with Gasteiger partial charge in [-0.2, -0.15) is 0 Å². The van der Waals surface area contributed by atoms with E-state index in [0.29, 0.717) is 22.1 Å². The number of halogens is 1. The Morgan fingerprint density at radius 2 is 1.74 bits per heavy atom. The van der Waals surface area contributed by atoms with E-state index in [0.717, 1.165) is 11.1 Å². The number of nitrogens with one attached hydrogen (secondary N) is 1. The molecule has 1 unspecified atom stereocenters. The first-order valence-corrected chi connectivity index (χ1v) is 8.68. The van der Waals surface area contributed by atoms with Crippen molar-refractivity contribution in [1.82, 2.24) is 10.3 Å². The van der Waals surface area contributed by atoms with Gasteiger partial charge in [0.05, 0.1) is 20.3 Å². The van der Waals surface area contributed by atoms with Gasteiger partial charge < -0.3 is 14.8 Å². The Labute approximate surface area is 162 Å². The van der Waals surface area contributed by atoms with Crippen molar-refractivity contribution in [2.24, 2.45) is 0 Å². The molecule has 1 heterocycles. The van der Waals surface area contributed by atoms with Crippen molar-refractivity contribution in [2.45, 2.75) is 6.04 Å². The second-order valence-corrected chi connectivity index (χ2v) is 6.25. The van der Waals surface area contributed by atoms with Crippen molar-refractivity contribution in [3.8, 4) is 11.5 Å². The van der Waals surface area contributed by atoms with E-state index in [4.69, 9.17) is 21.1 Å². The van der Waals surface area contributed by atoms with Gasteiger partial charge in [-0.05, 0) is 47.5 Å². The highest BCUT2D eigenvalue weighted by Crippen LogP contribution is 2.28. The fourth-order valence-electron chi connectivity index (χ4n) is 2.75. The number of amides is 1. The van der Waals surface area contributed by atoms with Crippen molar-refractivity contribution in [1.29, 1.82) is 0 Å². The Morgan fingerprint density at radius 1 is 1.00 bits per heavy atom. The molecule has 0 bridgehead atoms. The van der Waals surface area contributed by atoms with Crippen LogP contribution in [0, 0.1) is 0 Å². The zero-order chi connectivity index (χ0) is 19.2. The van der Waals surface area contributed by atoms with Crippen LogP contribution in [0.15, 0.2) is 67.0 Å². The molecule has 5 nitrogen and oxygen atoms in total. The van der Waals surface area contributed by atoms with E-state index in [9.17, 15) is 4.79 Å². The molecule has 6 heteroatoms. The summed E-state index contributed by atoms with van der Waals surface area (Å²) in [6.45, 7) is 0. The molecule has 0 aliphatic rings. The maximum atomic E-state index is 12.9. The van der Waals surface area contributed by atoms with Gasteiger partial charge in [0, 0.05) is 23.0 Å². The van der Waals surface area contributed by atoms with Gasteiger partial charge in [0.25, 0.3) is 5.91 Å². The lowest BCUT2D eigenvalue weighted by atomic mass is 9.99. The lowest BCUT2D eigenvalue weighted by Gasteiger charge is -2.20. The average Bonchev–Trinajstić information content (AvgIpc) is 2.72. The van der Waals surface area contributed by atoms with Gasteiger partial charge in [-0.25, -0.2) is 0 Å². The topological polar surface area (TPSA) is 60.5 Å². The second kappa shape index (κ2) is 8.56. The predicted octanol–water partition coefficient (Wildman–Crippen LogP) is 4.27. The lowest BCUT2D eigenvalue weighted by molar-refractivity contribution is 0.0942. The van der Waals surface area contributed by atoms with Gasteiger partial charge in [-0.15, -0.1) is 0 Å². The number of aromatic nitrogens is 1. The molecule has 0 saturated heterocycles. The smallest absolute Gasteiger partial charge is 0.252 e. The minimum Gasteiger partial charge on any atom is -0.493 e. The van der Waals surface area contributed by atoms with Crippen LogP contribution in [0.25, 0.3) is 0 Å². The van der Waals surface area contributed by atoms with E-state index >= 15 is 0 Å². The second-order valence-electron chi connectivity index (χ2n) is 5.81. The maximum Gasteiger partial charge on any atom is 0.252 e. The van der Waals surface area contributed by atoms with E-state index < -0.39 is 0 Å². The predicted molar refractivity (Wildman–Crippen MR) is 105 cm³/mol. The van der Waals surface area contributed by atoms with E-state index in [-0.39, 0.29) is 11.9 Å². The minimum atomic E-state index is -0.364. The van der Waals surface area contributed by atoms with Gasteiger partial charge in [0.2, 0.25) is 0 Å². The molecular formula is C21H19ClN2O3. The summed E-state index contributed by atoms with van der Waals surface area (Å²) in [6, 6.07) is 15.8. The molecule has 0 aliphatic heterocycles. The summed E-state index contributed by atoms with van der Waals surface area (Å²) in [5.41, 5.74) is 2.24. The standard InChI is InChI=1S/C21H19ClN2O3/c1-26-18-10-7-15(12-19(18)27-2)21(25)24-20(16-4-3-11-23-13-16)14-5-8-17(22)9-6-14/h3-13,20H,1-2H3,(H,24,25). The number of carbonyl (C=O) groups excluding carboxylic acids is 1. The number of rotatable bonds is 6. The average molecular weight is 383 g/mol. The molecule has 1 N–H and O–H groups in total. The molecule has 0 fully saturated rings. The zero-order valence-corrected chi connectivity index (χ0v) is 15.7. The highest BCUT2D eigenvalue weighted by Gasteiger charge is 2.19. The third-order valence-electron chi connectivity index (χ3n) is 4.14. The van der Waals surface area contributed by atoms with Crippen LogP contribution in [0.1, 0.15) is 27.5 Å². The third kappa shape index (κ3) is 4.38. The van der Waals surface area contributed by atoms with Gasteiger partial charge in [-0.1, -0.05) is 29.8 Å². The minimum absolute atomic E-state index is 0.236. The normalized spacial score (nSPS) is 11.5. The van der Waals surface area contributed by atoms with Crippen molar-refractivity contribution < 1.29 is 14.3 Å². The first-order valence-electron chi connectivity index (χ1n) is 8.30. The molecule has 0 aliphatic carbocycles. The number of hydrogen-bond acceptors (Lipinski definition) is 4. The van der Waals surface area contributed by atoms with Crippen LogP contribution in [0.5, 0.6) is 11.5 Å². The Balaban J connectivity index is 1.92. The largest absolute Gasteiger partial charge is 0.493 e. The van der Waals surface area contributed by atoms with Crippen molar-refractivity contribution in [3.05, 3.63) is 88.7 Å². The van der Waals surface area contributed by atoms with Crippen molar-refractivity contribution in [2.75, 3.05) is 14.2 Å². The molecule has 3 aromatic rings. The molecule has 1 amide bonds. The van der Waals surface area contributed by atoms with Crippen LogP contribution >= 0.6 is 11.6 Å². The van der Waals surface area contributed by atoms with Crippen LogP contribution in [0.2, 0.25) is 5.02 Å². The number of pyridine rings is 1. The van der Waals surface area contributed by atoms with Crippen LogP contribution < -0.4 is 14.8 Å². The third-order valence-corrected chi connectivity index (χ3v) is 4.39. The molecule has 27 heavy (non-hydrogen) atoms. The molecular weight excluding hydrogens is 364 g/mol. The monoisotopic (exact) mass is 382 g/mol. The number of hydrogen-bond donors (Lipinski definition) is 1. The van der Waals surface area contributed by atoms with Crippen LogP contribution in [-0.2, 0) is 0 Å². The van der Waals surface area contributed by atoms with Crippen molar-refractivity contribution in [3.63, 3.8) is 0 Å². The number of nitrogens with zero attached hydrogens (tertiary/aromatic N) is 1. The Kier molecular flexibility index (Phi) is 5.94. The summed E-state index contributed by atoms with van der Waals surface area (Å²) in [5, 5.41) is 3.69. The molecule has 3 rings (SSSR count). The number of ether oxygens (including phenoxy) is 2. The van der Waals surface area contributed by atoms with E-state index in [1.165, 1.54) is 7.11 Å². The Morgan fingerprint density at radius 3 is 2.37 bits per heavy atom. The summed E-state index contributed by atoms with van der Waals surface area (Å²) in [7, 11) is 3.09. The first kappa shape index (κ1) is 18.7. The molecule has 138 valence electrons. The molecule has 1 aromatic heterocycles. The molecule has 1 atom stereocenters. The molecule has 2 aromatic carbocycles. The van der Waals surface area contributed by atoms with E-state index in [1.807, 2.05) is 24.3 Å². The van der Waals surface area contributed by atoms with Gasteiger partial charge in [-0.3, -0.25) is 9.78 Å². The van der Waals surface area contributed by atoms with E-state index in [2.05, 4.69) is 10.3 Å². The quantitative estimate of drug-likeness (QED) is 0.691. The highest BCUT2D eigenvalue weighted by molar-refractivity contribution is 6.30. The molecule has 0 saturated carbocycles. The van der Waals surface area contributed by atoms with Crippen LogP contribution in [-0.4, -0.2) is 25.1 Å². The highest BCUT2D eigenvalue weighted by atomic mass is 35.5. The molecule has 0 spiro atoms. The Bertz CT molecular complexity index is 914. The zero-order valence-electron chi connectivity index (χ0n) is 15.0. The number of benzene rings is 2. The van der Waals surface area contributed by atoms with Gasteiger partial charge >= 0.3 is 0 Å². The SMILES string of the molecule is COc1ccc(C(=O)NC(c2ccc(Cl)cc2)c2cccnc2)cc1OC. The summed E-state index contributed by atoms with van der Waals surface area (Å²) >= 11 is 6.00. The summed E-state index contributed by atoms with van der Waals surface area (Å²) < 4.78 is 10.5.